The van der Waals surface area contributed by atoms with E-state index in [-0.39, 0.29) is 17.1 Å². The maximum atomic E-state index is 13.4. The summed E-state index contributed by atoms with van der Waals surface area (Å²) >= 11 is 2.26. The van der Waals surface area contributed by atoms with Crippen LogP contribution in [0.25, 0.3) is 5.69 Å². The lowest BCUT2D eigenvalue weighted by Crippen LogP contribution is -2.39. The number of thioether (sulfide) groups is 1. The van der Waals surface area contributed by atoms with Crippen molar-refractivity contribution < 1.29 is 38.2 Å². The van der Waals surface area contributed by atoms with Crippen LogP contribution in [0.3, 0.4) is 0 Å². The van der Waals surface area contributed by atoms with Gasteiger partial charge >= 0.3 is 12.1 Å². The number of hydrogen-bond acceptors (Lipinski definition) is 10. The molecule has 1 atom stereocenters. The molecule has 4 rings (SSSR count). The molecule has 1 aliphatic rings. The minimum atomic E-state index is -0.685. The number of anilines is 1. The van der Waals surface area contributed by atoms with E-state index < -0.39 is 34.8 Å². The molecule has 1 N–H and O–H groups in total. The summed E-state index contributed by atoms with van der Waals surface area (Å²) in [6.45, 7) is 7.83. The molecule has 0 saturated heterocycles. The molecule has 0 spiro atoms. The van der Waals surface area contributed by atoms with Crippen molar-refractivity contribution in [2.75, 3.05) is 19.0 Å². The minimum Gasteiger partial charge on any atom is -0.538 e. The number of carbonyl (C=O) groups excluding carboxylic acids is 3. The first-order valence-electron chi connectivity index (χ1n) is 12.3. The molecule has 39 heavy (non-hydrogen) atoms. The second-order valence-electron chi connectivity index (χ2n) is 9.77. The molecule has 3 heterocycles. The van der Waals surface area contributed by atoms with Crippen molar-refractivity contribution in [2.45, 2.75) is 63.0 Å². The first kappa shape index (κ1) is 28.4. The lowest BCUT2D eigenvalue weighted by Gasteiger charge is -2.30. The van der Waals surface area contributed by atoms with E-state index in [0.29, 0.717) is 30.1 Å². The van der Waals surface area contributed by atoms with Gasteiger partial charge in [0.25, 0.3) is 5.03 Å². The van der Waals surface area contributed by atoms with Gasteiger partial charge in [-0.15, -0.1) is 11.3 Å². The van der Waals surface area contributed by atoms with Gasteiger partial charge in [0, 0.05) is 23.6 Å². The number of amides is 2. The van der Waals surface area contributed by atoms with Crippen LogP contribution in [0.1, 0.15) is 54.9 Å². The van der Waals surface area contributed by atoms with Gasteiger partial charge in [-0.2, -0.15) is 0 Å². The van der Waals surface area contributed by atoms with Crippen molar-refractivity contribution in [2.24, 2.45) is 0 Å². The monoisotopic (exact) mass is 574 g/mol. The molecule has 1 unspecified atom stereocenters. The van der Waals surface area contributed by atoms with Crippen LogP contribution in [0.15, 0.2) is 39.9 Å². The third-order valence-electron chi connectivity index (χ3n) is 5.83. The Hall–Kier alpha value is -3.58. The van der Waals surface area contributed by atoms with E-state index in [2.05, 4.69) is 10.6 Å². The summed E-state index contributed by atoms with van der Waals surface area (Å²) in [5.74, 6) is -1.62. The molecule has 11 nitrogen and oxygen atoms in total. The summed E-state index contributed by atoms with van der Waals surface area (Å²) in [4.78, 5) is 41.1. The molecule has 1 aliphatic heterocycles. The molecule has 1 aromatic carbocycles. The van der Waals surface area contributed by atoms with Crippen molar-refractivity contribution in [1.82, 2.24) is 10.2 Å². The largest absolute Gasteiger partial charge is 0.538 e. The number of rotatable bonds is 7. The summed E-state index contributed by atoms with van der Waals surface area (Å²) in [5.41, 5.74) is 1.01. The predicted molar refractivity (Wildman–Crippen MR) is 142 cm³/mol. The van der Waals surface area contributed by atoms with Gasteiger partial charge in [-0.25, -0.2) is 9.59 Å². The molecule has 0 fully saturated rings. The van der Waals surface area contributed by atoms with Crippen LogP contribution in [-0.4, -0.2) is 52.6 Å². The van der Waals surface area contributed by atoms with Crippen molar-refractivity contribution in [3.05, 3.63) is 46.3 Å². The highest BCUT2D eigenvalue weighted by molar-refractivity contribution is 8.00. The van der Waals surface area contributed by atoms with Gasteiger partial charge < -0.3 is 29.3 Å². The average Bonchev–Trinajstić information content (AvgIpc) is 3.45. The number of ether oxygens (including phenoxy) is 2. The van der Waals surface area contributed by atoms with Crippen LogP contribution in [-0.2, 0) is 27.2 Å². The van der Waals surface area contributed by atoms with Crippen LogP contribution in [0.2, 0.25) is 0 Å². The van der Waals surface area contributed by atoms with Crippen LogP contribution in [0.4, 0.5) is 9.80 Å². The number of aromatic nitrogens is 2. The van der Waals surface area contributed by atoms with Crippen LogP contribution >= 0.6 is 23.1 Å². The van der Waals surface area contributed by atoms with Crippen molar-refractivity contribution in [3.8, 4) is 11.6 Å². The van der Waals surface area contributed by atoms with Gasteiger partial charge in [0.2, 0.25) is 11.6 Å². The molecule has 0 radical (unpaired) electrons. The zero-order chi connectivity index (χ0) is 28.3. The topological polar surface area (TPSA) is 138 Å². The third-order valence-corrected chi connectivity index (χ3v) is 8.35. The highest BCUT2D eigenvalue weighted by atomic mass is 32.2. The van der Waals surface area contributed by atoms with E-state index in [1.807, 2.05) is 13.0 Å². The van der Waals surface area contributed by atoms with Crippen LogP contribution in [0.5, 0.6) is 5.95 Å². The number of thiophene rings is 1. The van der Waals surface area contributed by atoms with E-state index in [1.54, 1.807) is 49.9 Å². The molecular formula is C26H30N4O7S2. The number of methoxy groups -OCH3 is 1. The number of benzene rings is 1. The smallest absolute Gasteiger partial charge is 0.410 e. The van der Waals surface area contributed by atoms with E-state index in [1.165, 1.54) is 23.1 Å². The van der Waals surface area contributed by atoms with Gasteiger partial charge in [0.1, 0.15) is 10.6 Å². The summed E-state index contributed by atoms with van der Waals surface area (Å²) in [7, 11) is 1.28. The molecule has 2 amide bonds. The number of fused-ring (bicyclic) bond motifs is 1. The zero-order valence-corrected chi connectivity index (χ0v) is 23.9. The molecular weight excluding hydrogens is 544 g/mol. The van der Waals surface area contributed by atoms with Crippen LogP contribution < -0.4 is 15.1 Å². The van der Waals surface area contributed by atoms with Gasteiger partial charge in [0.15, 0.2) is 5.95 Å². The highest BCUT2D eigenvalue weighted by Gasteiger charge is 2.34. The lowest BCUT2D eigenvalue weighted by atomic mass is 10.0. The Morgan fingerprint density at radius 1 is 1.28 bits per heavy atom. The first-order valence-corrected chi connectivity index (χ1v) is 14.0. The van der Waals surface area contributed by atoms with E-state index in [9.17, 15) is 19.5 Å². The van der Waals surface area contributed by atoms with E-state index in [4.69, 9.17) is 14.0 Å². The maximum Gasteiger partial charge on any atom is 0.410 e. The summed E-state index contributed by atoms with van der Waals surface area (Å²) < 4.78 is 16.7. The van der Waals surface area contributed by atoms with Crippen molar-refractivity contribution in [3.63, 3.8) is 0 Å². The van der Waals surface area contributed by atoms with Crippen molar-refractivity contribution >= 4 is 46.1 Å². The van der Waals surface area contributed by atoms with Crippen molar-refractivity contribution in [1.29, 1.82) is 0 Å². The fourth-order valence-corrected chi connectivity index (χ4v) is 6.24. The minimum absolute atomic E-state index is 0.162. The molecule has 2 aromatic heterocycles. The first-order chi connectivity index (χ1) is 18.5. The van der Waals surface area contributed by atoms with Gasteiger partial charge in [-0.3, -0.25) is 4.79 Å². The Bertz CT molecular complexity index is 1360. The van der Waals surface area contributed by atoms with E-state index in [0.717, 1.165) is 22.2 Å². The van der Waals surface area contributed by atoms with Gasteiger partial charge in [-0.1, -0.05) is 25.1 Å². The molecule has 3 aromatic rings. The SMILES string of the molecule is CCC(Sc1c([O-])on[n+]1-c1ccccc1)C(=O)Nc1sc2c(c1C(=O)OC)CCN(C(=O)OC(C)(C)C)C2. The molecule has 13 heteroatoms. The Kier molecular flexibility index (Phi) is 8.50. The summed E-state index contributed by atoms with van der Waals surface area (Å²) in [6, 6.07) is 8.98. The number of nitrogens with zero attached hydrogens (tertiary/aromatic N) is 3. The quantitative estimate of drug-likeness (QED) is 0.254. The second kappa shape index (κ2) is 11.7. The molecule has 0 saturated carbocycles. The second-order valence-corrected chi connectivity index (χ2v) is 12.1. The number of esters is 1. The Labute approximate surface area is 234 Å². The van der Waals surface area contributed by atoms with Crippen LogP contribution in [0, 0.1) is 0 Å². The Morgan fingerprint density at radius 3 is 2.64 bits per heavy atom. The molecule has 0 aliphatic carbocycles. The number of carbonyl (C=O) groups is 3. The van der Waals surface area contributed by atoms with Gasteiger partial charge in [0.05, 0.1) is 29.7 Å². The lowest BCUT2D eigenvalue weighted by molar-refractivity contribution is -0.705. The number of nitrogens with one attached hydrogen (secondary N) is 1. The summed E-state index contributed by atoms with van der Waals surface area (Å²) in [6.07, 6.45) is 0.360. The van der Waals surface area contributed by atoms with E-state index >= 15 is 0 Å². The average molecular weight is 575 g/mol. The Morgan fingerprint density at radius 2 is 2.00 bits per heavy atom. The maximum absolute atomic E-state index is 13.4. The number of hydrogen-bond donors (Lipinski definition) is 1. The Balaban J connectivity index is 1.57. The van der Waals surface area contributed by atoms with Gasteiger partial charge in [-0.05, 0) is 55.6 Å². The summed E-state index contributed by atoms with van der Waals surface area (Å²) in [5, 5.41) is 18.9. The third kappa shape index (κ3) is 6.36. The molecule has 208 valence electrons. The molecule has 0 bridgehead atoms. The normalized spacial score (nSPS) is 13.9. The number of para-hydroxylation sites is 1. The fraction of sp³-hybridized carbons (Fsp3) is 0.423. The zero-order valence-electron chi connectivity index (χ0n) is 22.3. The standard InChI is InChI=1S/C26H30N4O7S2/c1-6-17(39-22-24(33)37-28-30(22)15-10-8-7-9-11-15)20(31)27-21-19(23(32)35-5)16-12-13-29(14-18(16)38-21)25(34)36-26(2,3)4/h7-11,17H,6,12-14H2,1-5H3,(H-,27,28,31,32,33). The fourth-order valence-electron chi connectivity index (χ4n) is 4.01. The highest BCUT2D eigenvalue weighted by Crippen LogP contribution is 2.39. The predicted octanol–water partition coefficient (Wildman–Crippen LogP) is 3.68.